The van der Waals surface area contributed by atoms with Crippen molar-refractivity contribution >= 4 is 0 Å². The van der Waals surface area contributed by atoms with Gasteiger partial charge in [-0.25, -0.2) is 0 Å². The van der Waals surface area contributed by atoms with Crippen molar-refractivity contribution < 1.29 is 9.47 Å². The predicted octanol–water partition coefficient (Wildman–Crippen LogP) is 2.42. The Morgan fingerprint density at radius 1 is 1.29 bits per heavy atom. The third-order valence-electron chi connectivity index (χ3n) is 3.61. The summed E-state index contributed by atoms with van der Waals surface area (Å²) < 4.78 is 12.7. The maximum absolute atomic E-state index is 5.48. The van der Waals surface area contributed by atoms with Gasteiger partial charge in [0.1, 0.15) is 11.5 Å². The Balaban J connectivity index is 2.27. The minimum atomic E-state index is 0.143. The first-order valence-corrected chi connectivity index (χ1v) is 7.12. The molecule has 0 spiro atoms. The summed E-state index contributed by atoms with van der Waals surface area (Å²) in [6.45, 7) is 2.96. The molecule has 0 saturated heterocycles. The van der Waals surface area contributed by atoms with E-state index in [-0.39, 0.29) is 6.04 Å². The van der Waals surface area contributed by atoms with E-state index in [1.807, 2.05) is 36.1 Å². The largest absolute Gasteiger partial charge is 0.497 e. The molecule has 1 unspecified atom stereocenters. The van der Waals surface area contributed by atoms with Crippen LogP contribution in [0.4, 0.5) is 0 Å². The molecule has 1 aromatic heterocycles. The molecule has 1 heterocycles. The van der Waals surface area contributed by atoms with E-state index >= 15 is 0 Å². The summed E-state index contributed by atoms with van der Waals surface area (Å²) in [5.74, 6) is 1.69. The van der Waals surface area contributed by atoms with Crippen LogP contribution in [0.3, 0.4) is 0 Å². The zero-order chi connectivity index (χ0) is 15.2. The molecule has 0 fully saturated rings. The summed E-state index contributed by atoms with van der Waals surface area (Å²) in [6.07, 6.45) is 4.84. The maximum Gasteiger partial charge on any atom is 0.123 e. The van der Waals surface area contributed by atoms with Crippen molar-refractivity contribution in [2.75, 3.05) is 21.3 Å². The number of ether oxygens (including phenoxy) is 2. The van der Waals surface area contributed by atoms with Crippen molar-refractivity contribution in [3.05, 3.63) is 41.7 Å². The van der Waals surface area contributed by atoms with Crippen molar-refractivity contribution in [2.45, 2.75) is 25.9 Å². The predicted molar refractivity (Wildman–Crippen MR) is 83.0 cm³/mol. The van der Waals surface area contributed by atoms with E-state index < -0.39 is 0 Å². The van der Waals surface area contributed by atoms with E-state index in [0.717, 1.165) is 30.0 Å². The van der Waals surface area contributed by atoms with E-state index in [4.69, 9.17) is 9.47 Å². The summed E-state index contributed by atoms with van der Waals surface area (Å²) in [7, 11) is 5.31. The van der Waals surface area contributed by atoms with E-state index in [9.17, 15) is 0 Å². The first-order chi connectivity index (χ1) is 10.2. The summed E-state index contributed by atoms with van der Waals surface area (Å²) in [6, 6.07) is 6.01. The van der Waals surface area contributed by atoms with Crippen molar-refractivity contribution in [3.63, 3.8) is 0 Å². The normalized spacial score (nSPS) is 12.2. The highest BCUT2D eigenvalue weighted by atomic mass is 16.5. The zero-order valence-electron chi connectivity index (χ0n) is 13.1. The molecule has 0 amide bonds. The van der Waals surface area contributed by atoms with Gasteiger partial charge < -0.3 is 14.8 Å². The molecule has 0 aliphatic heterocycles. The van der Waals surface area contributed by atoms with Gasteiger partial charge >= 0.3 is 0 Å². The number of aryl methyl sites for hydroxylation is 1. The Morgan fingerprint density at radius 3 is 2.67 bits per heavy atom. The fourth-order valence-electron chi connectivity index (χ4n) is 2.40. The SMILES string of the molecule is CCn1cc(CC(NC)c2cc(OC)ccc2OC)cn1. The number of rotatable bonds is 7. The third kappa shape index (κ3) is 3.55. The Bertz CT molecular complexity index is 581. The van der Waals surface area contributed by atoms with Crippen molar-refractivity contribution in [2.24, 2.45) is 0 Å². The molecule has 0 aliphatic carbocycles. The summed E-state index contributed by atoms with van der Waals surface area (Å²) >= 11 is 0. The van der Waals surface area contributed by atoms with Crippen LogP contribution in [-0.4, -0.2) is 31.0 Å². The van der Waals surface area contributed by atoms with Crippen LogP contribution < -0.4 is 14.8 Å². The second kappa shape index (κ2) is 7.13. The number of aromatic nitrogens is 2. The van der Waals surface area contributed by atoms with Gasteiger partial charge in [-0.15, -0.1) is 0 Å². The van der Waals surface area contributed by atoms with E-state index in [0.29, 0.717) is 0 Å². The number of hydrogen-bond donors (Lipinski definition) is 1. The lowest BCUT2D eigenvalue weighted by Gasteiger charge is -2.19. The summed E-state index contributed by atoms with van der Waals surface area (Å²) in [5, 5.41) is 7.67. The van der Waals surface area contributed by atoms with Gasteiger partial charge in [-0.1, -0.05) is 0 Å². The van der Waals surface area contributed by atoms with Gasteiger partial charge in [-0.3, -0.25) is 4.68 Å². The highest BCUT2D eigenvalue weighted by molar-refractivity contribution is 5.42. The molecule has 5 heteroatoms. The Hall–Kier alpha value is -2.01. The molecule has 21 heavy (non-hydrogen) atoms. The highest BCUT2D eigenvalue weighted by Crippen LogP contribution is 2.31. The lowest BCUT2D eigenvalue weighted by Crippen LogP contribution is -2.19. The molecule has 0 saturated carbocycles. The first-order valence-electron chi connectivity index (χ1n) is 7.12. The molecule has 0 bridgehead atoms. The van der Waals surface area contributed by atoms with E-state index in [1.54, 1.807) is 14.2 Å². The van der Waals surface area contributed by atoms with Crippen LogP contribution in [0.2, 0.25) is 0 Å². The van der Waals surface area contributed by atoms with E-state index in [1.165, 1.54) is 5.56 Å². The smallest absolute Gasteiger partial charge is 0.123 e. The zero-order valence-corrected chi connectivity index (χ0v) is 13.1. The van der Waals surface area contributed by atoms with Crippen LogP contribution in [0.15, 0.2) is 30.6 Å². The second-order valence-electron chi connectivity index (χ2n) is 4.86. The van der Waals surface area contributed by atoms with Gasteiger partial charge in [0.05, 0.1) is 20.4 Å². The van der Waals surface area contributed by atoms with Gasteiger partial charge in [0.2, 0.25) is 0 Å². The van der Waals surface area contributed by atoms with E-state index in [2.05, 4.69) is 23.5 Å². The number of hydrogen-bond acceptors (Lipinski definition) is 4. The van der Waals surface area contributed by atoms with Gasteiger partial charge in [-0.05, 0) is 44.2 Å². The average molecular weight is 289 g/mol. The quantitative estimate of drug-likeness (QED) is 0.850. The first kappa shape index (κ1) is 15.4. The number of benzene rings is 1. The molecular weight excluding hydrogens is 266 g/mol. The maximum atomic E-state index is 5.48. The molecular formula is C16H23N3O2. The molecule has 1 aromatic carbocycles. The van der Waals surface area contributed by atoms with Crippen LogP contribution >= 0.6 is 0 Å². The number of nitrogens with zero attached hydrogens (tertiary/aromatic N) is 2. The number of likely N-dealkylation sites (N-methyl/N-ethyl adjacent to an activating group) is 1. The third-order valence-corrected chi connectivity index (χ3v) is 3.61. The van der Waals surface area contributed by atoms with Gasteiger partial charge in [0.25, 0.3) is 0 Å². The Labute approximate surface area is 125 Å². The average Bonchev–Trinajstić information content (AvgIpc) is 2.99. The van der Waals surface area contributed by atoms with Crippen LogP contribution in [0.5, 0.6) is 11.5 Å². The summed E-state index contributed by atoms with van der Waals surface area (Å²) in [4.78, 5) is 0. The summed E-state index contributed by atoms with van der Waals surface area (Å²) in [5.41, 5.74) is 2.28. The number of methoxy groups -OCH3 is 2. The van der Waals surface area contributed by atoms with Gasteiger partial charge in [-0.2, -0.15) is 5.10 Å². The molecule has 2 aromatic rings. The lowest BCUT2D eigenvalue weighted by atomic mass is 9.99. The van der Waals surface area contributed by atoms with Crippen LogP contribution in [0, 0.1) is 0 Å². The lowest BCUT2D eigenvalue weighted by molar-refractivity contribution is 0.391. The minimum absolute atomic E-state index is 0.143. The number of nitrogens with one attached hydrogen (secondary N) is 1. The standard InChI is InChI=1S/C16H23N3O2/c1-5-19-11-12(10-18-19)8-15(17-2)14-9-13(20-3)6-7-16(14)21-4/h6-7,9-11,15,17H,5,8H2,1-4H3. The molecule has 2 rings (SSSR count). The van der Waals surface area contributed by atoms with Crippen molar-refractivity contribution in [1.29, 1.82) is 0 Å². The molecule has 1 N–H and O–H groups in total. The Kier molecular flexibility index (Phi) is 5.22. The topological polar surface area (TPSA) is 48.3 Å². The molecule has 1 atom stereocenters. The van der Waals surface area contributed by atoms with Gasteiger partial charge in [0.15, 0.2) is 0 Å². The molecule has 114 valence electrons. The second-order valence-corrected chi connectivity index (χ2v) is 4.86. The fraction of sp³-hybridized carbons (Fsp3) is 0.438. The monoisotopic (exact) mass is 289 g/mol. The fourth-order valence-corrected chi connectivity index (χ4v) is 2.40. The van der Waals surface area contributed by atoms with Crippen molar-refractivity contribution in [3.8, 4) is 11.5 Å². The Morgan fingerprint density at radius 2 is 2.10 bits per heavy atom. The molecule has 5 nitrogen and oxygen atoms in total. The molecule has 0 radical (unpaired) electrons. The molecule has 0 aliphatic rings. The van der Waals surface area contributed by atoms with Gasteiger partial charge in [0, 0.05) is 24.3 Å². The van der Waals surface area contributed by atoms with Crippen molar-refractivity contribution in [1.82, 2.24) is 15.1 Å². The minimum Gasteiger partial charge on any atom is -0.497 e. The van der Waals surface area contributed by atoms with Crippen LogP contribution in [0.1, 0.15) is 24.1 Å². The highest BCUT2D eigenvalue weighted by Gasteiger charge is 2.17. The van der Waals surface area contributed by atoms with Crippen LogP contribution in [-0.2, 0) is 13.0 Å². The van der Waals surface area contributed by atoms with Crippen LogP contribution in [0.25, 0.3) is 0 Å².